The van der Waals surface area contributed by atoms with Crippen LogP contribution in [0.25, 0.3) is 0 Å². The number of ketones is 1. The molecule has 0 heterocycles. The van der Waals surface area contributed by atoms with Crippen molar-refractivity contribution in [2.75, 3.05) is 0 Å². The van der Waals surface area contributed by atoms with Crippen molar-refractivity contribution in [3.8, 4) is 0 Å². The summed E-state index contributed by atoms with van der Waals surface area (Å²) in [7, 11) is 0. The van der Waals surface area contributed by atoms with E-state index in [1.807, 2.05) is 6.08 Å². The first-order valence-corrected chi connectivity index (χ1v) is 5.92. The molecule has 78 valence electrons. The Balaban J connectivity index is 2.22. The average Bonchev–Trinajstić information content (AvgIpc) is 2.16. The lowest BCUT2D eigenvalue weighted by Crippen LogP contribution is -2.30. The molecular weight excluding hydrogens is 172 g/mol. The summed E-state index contributed by atoms with van der Waals surface area (Å²) >= 11 is 0. The van der Waals surface area contributed by atoms with Crippen LogP contribution >= 0.6 is 0 Å². The first-order valence-electron chi connectivity index (χ1n) is 5.92. The highest BCUT2D eigenvalue weighted by atomic mass is 16.1. The number of carbonyl (C=O) groups is 1. The first kappa shape index (κ1) is 9.95. The molecule has 0 N–H and O–H groups in total. The first-order chi connectivity index (χ1) is 6.68. The molecule has 0 aromatic rings. The highest BCUT2D eigenvalue weighted by molar-refractivity contribution is 5.91. The molecule has 0 spiro atoms. The van der Waals surface area contributed by atoms with Gasteiger partial charge in [-0.2, -0.15) is 0 Å². The van der Waals surface area contributed by atoms with Crippen molar-refractivity contribution in [2.45, 2.75) is 46.0 Å². The van der Waals surface area contributed by atoms with Gasteiger partial charge in [0, 0.05) is 6.42 Å². The Hall–Kier alpha value is -0.590. The molecule has 0 aliphatic heterocycles. The van der Waals surface area contributed by atoms with E-state index in [0.29, 0.717) is 17.6 Å². The molecule has 1 fully saturated rings. The summed E-state index contributed by atoms with van der Waals surface area (Å²) in [6.45, 7) is 4.52. The van der Waals surface area contributed by atoms with Gasteiger partial charge in [0.2, 0.25) is 0 Å². The molecule has 0 aromatic carbocycles. The molecular formula is C13H20O. The molecule has 1 heteroatoms. The quantitative estimate of drug-likeness (QED) is 0.622. The van der Waals surface area contributed by atoms with E-state index < -0.39 is 0 Å². The van der Waals surface area contributed by atoms with Crippen molar-refractivity contribution in [1.82, 2.24) is 0 Å². The Bertz CT molecular complexity index is 262. The second kappa shape index (κ2) is 3.88. The summed E-state index contributed by atoms with van der Waals surface area (Å²) in [4.78, 5) is 11.6. The third kappa shape index (κ3) is 1.77. The van der Waals surface area contributed by atoms with Crippen molar-refractivity contribution >= 4 is 5.78 Å². The lowest BCUT2D eigenvalue weighted by Gasteiger charge is -2.37. The van der Waals surface area contributed by atoms with Gasteiger partial charge in [0.1, 0.15) is 0 Å². The summed E-state index contributed by atoms with van der Waals surface area (Å²) in [5.74, 6) is 2.40. The summed E-state index contributed by atoms with van der Waals surface area (Å²) < 4.78 is 0. The van der Waals surface area contributed by atoms with Crippen LogP contribution in [0.1, 0.15) is 46.0 Å². The van der Waals surface area contributed by atoms with Gasteiger partial charge in [-0.3, -0.25) is 4.79 Å². The maximum atomic E-state index is 11.6. The maximum Gasteiger partial charge on any atom is 0.155 e. The summed E-state index contributed by atoms with van der Waals surface area (Å²) in [5, 5.41) is 0. The zero-order valence-electron chi connectivity index (χ0n) is 9.25. The van der Waals surface area contributed by atoms with Crippen molar-refractivity contribution in [3.05, 3.63) is 11.6 Å². The Morgan fingerprint density at radius 3 is 2.86 bits per heavy atom. The third-order valence-corrected chi connectivity index (χ3v) is 3.86. The summed E-state index contributed by atoms with van der Waals surface area (Å²) in [6.07, 6.45) is 7.90. The topological polar surface area (TPSA) is 17.1 Å². The van der Waals surface area contributed by atoms with Gasteiger partial charge in [0.25, 0.3) is 0 Å². The molecule has 0 aromatic heterocycles. The molecule has 0 saturated heterocycles. The fourth-order valence-corrected chi connectivity index (χ4v) is 3.07. The van der Waals surface area contributed by atoms with Crippen LogP contribution in [0.3, 0.4) is 0 Å². The van der Waals surface area contributed by atoms with Crippen LogP contribution in [0.5, 0.6) is 0 Å². The number of carbonyl (C=O) groups excluding carboxylic acids is 1. The molecule has 0 radical (unpaired) electrons. The van der Waals surface area contributed by atoms with Gasteiger partial charge in [-0.05, 0) is 43.1 Å². The normalized spacial score (nSPS) is 32.8. The van der Waals surface area contributed by atoms with Crippen molar-refractivity contribution in [1.29, 1.82) is 0 Å². The predicted molar refractivity (Wildman–Crippen MR) is 58.0 cm³/mol. The molecule has 1 nitrogen and oxygen atoms in total. The van der Waals surface area contributed by atoms with Gasteiger partial charge in [-0.25, -0.2) is 0 Å². The summed E-state index contributed by atoms with van der Waals surface area (Å²) in [5.41, 5.74) is 1.46. The zero-order chi connectivity index (χ0) is 10.1. The molecule has 2 aliphatic carbocycles. The van der Waals surface area contributed by atoms with E-state index in [1.165, 1.54) is 31.3 Å². The molecule has 2 rings (SSSR count). The van der Waals surface area contributed by atoms with Crippen LogP contribution < -0.4 is 0 Å². The molecule has 2 aliphatic rings. The van der Waals surface area contributed by atoms with E-state index in [2.05, 4.69) is 13.8 Å². The third-order valence-electron chi connectivity index (χ3n) is 3.86. The van der Waals surface area contributed by atoms with Crippen LogP contribution in [-0.4, -0.2) is 5.78 Å². The molecule has 2 atom stereocenters. The Morgan fingerprint density at radius 1 is 1.36 bits per heavy atom. The van der Waals surface area contributed by atoms with E-state index >= 15 is 0 Å². The number of hydrogen-bond donors (Lipinski definition) is 0. The molecule has 0 amide bonds. The minimum Gasteiger partial charge on any atom is -0.295 e. The lowest BCUT2D eigenvalue weighted by molar-refractivity contribution is -0.117. The zero-order valence-corrected chi connectivity index (χ0v) is 9.25. The van der Waals surface area contributed by atoms with Crippen LogP contribution in [0, 0.1) is 17.8 Å². The van der Waals surface area contributed by atoms with E-state index in [1.54, 1.807) is 0 Å². The molecule has 1 saturated carbocycles. The summed E-state index contributed by atoms with van der Waals surface area (Å²) in [6, 6.07) is 0. The number of hydrogen-bond acceptors (Lipinski definition) is 1. The van der Waals surface area contributed by atoms with Gasteiger partial charge in [0.05, 0.1) is 0 Å². The van der Waals surface area contributed by atoms with Crippen LogP contribution in [0.15, 0.2) is 11.6 Å². The highest BCUT2D eigenvalue weighted by Gasteiger charge is 2.33. The lowest BCUT2D eigenvalue weighted by atomic mass is 9.67. The Labute approximate surface area is 86.6 Å². The monoisotopic (exact) mass is 192 g/mol. The van der Waals surface area contributed by atoms with Gasteiger partial charge in [0.15, 0.2) is 5.78 Å². The van der Waals surface area contributed by atoms with Gasteiger partial charge >= 0.3 is 0 Å². The van der Waals surface area contributed by atoms with Crippen LogP contribution in [0.4, 0.5) is 0 Å². The standard InChI is InChI=1S/C13H20O/c1-9(2)13-8-11(14)7-10-5-3-4-6-12(10)13/h7,9,12-13H,3-6,8H2,1-2H3/t12-,13-/m1/s1. The number of fused-ring (bicyclic) bond motifs is 1. The highest BCUT2D eigenvalue weighted by Crippen LogP contribution is 2.42. The minimum atomic E-state index is 0.372. The molecule has 14 heavy (non-hydrogen) atoms. The fourth-order valence-electron chi connectivity index (χ4n) is 3.07. The fraction of sp³-hybridized carbons (Fsp3) is 0.769. The second-order valence-corrected chi connectivity index (χ2v) is 5.15. The minimum absolute atomic E-state index is 0.372. The number of rotatable bonds is 1. The van der Waals surface area contributed by atoms with Gasteiger partial charge in [-0.1, -0.05) is 25.8 Å². The van der Waals surface area contributed by atoms with Gasteiger partial charge < -0.3 is 0 Å². The predicted octanol–water partition coefficient (Wildman–Crippen LogP) is 3.35. The van der Waals surface area contributed by atoms with Crippen molar-refractivity contribution in [2.24, 2.45) is 17.8 Å². The molecule has 0 bridgehead atoms. The largest absolute Gasteiger partial charge is 0.295 e. The van der Waals surface area contributed by atoms with E-state index in [-0.39, 0.29) is 0 Å². The van der Waals surface area contributed by atoms with Gasteiger partial charge in [-0.15, -0.1) is 0 Å². The Kier molecular flexibility index (Phi) is 2.76. The molecule has 0 unspecified atom stereocenters. The van der Waals surface area contributed by atoms with E-state index in [4.69, 9.17) is 0 Å². The smallest absolute Gasteiger partial charge is 0.155 e. The number of allylic oxidation sites excluding steroid dienone is 2. The van der Waals surface area contributed by atoms with Crippen molar-refractivity contribution < 1.29 is 4.79 Å². The van der Waals surface area contributed by atoms with Crippen LogP contribution in [0.2, 0.25) is 0 Å². The Morgan fingerprint density at radius 2 is 2.14 bits per heavy atom. The van der Waals surface area contributed by atoms with E-state index in [9.17, 15) is 4.79 Å². The van der Waals surface area contributed by atoms with Crippen molar-refractivity contribution in [3.63, 3.8) is 0 Å². The SMILES string of the molecule is CC(C)[C@H]1CC(=O)C=C2CCCC[C@H]21. The average molecular weight is 192 g/mol. The second-order valence-electron chi connectivity index (χ2n) is 5.15. The van der Waals surface area contributed by atoms with Crippen LogP contribution in [-0.2, 0) is 4.79 Å². The van der Waals surface area contributed by atoms with E-state index in [0.717, 1.165) is 12.3 Å². The maximum absolute atomic E-state index is 11.6.